The van der Waals surface area contributed by atoms with Crippen molar-refractivity contribution in [1.82, 2.24) is 29.5 Å². The Morgan fingerprint density at radius 3 is 2.66 bits per heavy atom. The summed E-state index contributed by atoms with van der Waals surface area (Å²) in [5, 5.41) is 7.58. The van der Waals surface area contributed by atoms with Crippen LogP contribution in [0.3, 0.4) is 0 Å². The molecule has 3 aromatic heterocycles. The van der Waals surface area contributed by atoms with Gasteiger partial charge in [0.1, 0.15) is 35.7 Å². The van der Waals surface area contributed by atoms with Crippen LogP contribution in [0.25, 0.3) is 16.6 Å². The second kappa shape index (κ2) is 10.4. The summed E-state index contributed by atoms with van der Waals surface area (Å²) >= 11 is 0. The molecule has 1 fully saturated rings. The van der Waals surface area contributed by atoms with E-state index in [2.05, 4.69) is 25.4 Å². The molecule has 1 aliphatic heterocycles. The van der Waals surface area contributed by atoms with E-state index in [9.17, 15) is 13.2 Å². The maximum Gasteiger partial charge on any atom is 0.296 e. The normalized spacial score (nSPS) is 17.1. The molecule has 1 unspecified atom stereocenters. The fraction of sp³-hybridized carbons (Fsp3) is 0.286. The summed E-state index contributed by atoms with van der Waals surface area (Å²) in [6, 6.07) is 9.93. The number of likely N-dealkylation sites (tertiary alicyclic amines) is 1. The van der Waals surface area contributed by atoms with Crippen LogP contribution in [-0.4, -0.2) is 68.7 Å². The smallest absolute Gasteiger partial charge is 0.296 e. The van der Waals surface area contributed by atoms with E-state index < -0.39 is 24.4 Å². The third-order valence-electron chi connectivity index (χ3n) is 6.89. The topological polar surface area (TPSA) is 98.9 Å². The molecule has 0 spiro atoms. The molecule has 1 aliphatic rings. The van der Waals surface area contributed by atoms with Crippen molar-refractivity contribution in [1.29, 1.82) is 0 Å². The van der Waals surface area contributed by atoms with Crippen molar-refractivity contribution in [2.75, 3.05) is 32.6 Å². The van der Waals surface area contributed by atoms with Crippen molar-refractivity contribution in [2.45, 2.75) is 25.4 Å². The lowest BCUT2D eigenvalue weighted by Crippen LogP contribution is -2.52. The van der Waals surface area contributed by atoms with Gasteiger partial charge in [-0.3, -0.25) is 0 Å². The molecule has 0 bridgehead atoms. The van der Waals surface area contributed by atoms with Gasteiger partial charge in [-0.15, -0.1) is 0 Å². The number of aryl methyl sites for hydroxylation is 1. The standard InChI is InChI=1S/C28H26F3N7O3/c1-16-8-17(4-5-21(16)40-22-11-25-33-15-35-38(25)12-19(22)29)36-27-26-20(32-14-34-27)9-18(39-3)10-23(26)41-24-6-7-37(2)13-28(24,30)31/h4-5,8-12,14-15,24H,6-7,13H2,1-3H3,(H,32,34,36). The largest absolute Gasteiger partial charge is 0.497 e. The Kier molecular flexibility index (Phi) is 6.73. The van der Waals surface area contributed by atoms with Gasteiger partial charge in [0.2, 0.25) is 0 Å². The Bertz CT molecular complexity index is 1750. The first kappa shape index (κ1) is 26.6. The van der Waals surface area contributed by atoms with Gasteiger partial charge in [0.25, 0.3) is 5.92 Å². The van der Waals surface area contributed by atoms with Crippen LogP contribution in [0.15, 0.2) is 55.2 Å². The number of methoxy groups -OCH3 is 1. The molecule has 0 radical (unpaired) electrons. The highest BCUT2D eigenvalue weighted by Gasteiger charge is 2.45. The average Bonchev–Trinajstić information content (AvgIpc) is 3.38. The number of ether oxygens (including phenoxy) is 3. The minimum Gasteiger partial charge on any atom is -0.497 e. The third kappa shape index (κ3) is 5.27. The average molecular weight is 566 g/mol. The Morgan fingerprint density at radius 2 is 1.88 bits per heavy atom. The maximum absolute atomic E-state index is 14.9. The molecule has 1 saturated heterocycles. The van der Waals surface area contributed by atoms with Crippen molar-refractivity contribution in [3.8, 4) is 23.0 Å². The summed E-state index contributed by atoms with van der Waals surface area (Å²) in [6.07, 6.45) is 2.72. The number of rotatable bonds is 7. The summed E-state index contributed by atoms with van der Waals surface area (Å²) in [5.74, 6) is -2.22. The van der Waals surface area contributed by atoms with Gasteiger partial charge in [-0.05, 0) is 37.7 Å². The van der Waals surface area contributed by atoms with Crippen molar-refractivity contribution < 1.29 is 27.4 Å². The Labute approximate surface area is 232 Å². The molecule has 0 amide bonds. The van der Waals surface area contributed by atoms with Crippen LogP contribution >= 0.6 is 0 Å². The molecular formula is C28H26F3N7O3. The number of fused-ring (bicyclic) bond motifs is 2. The van der Waals surface area contributed by atoms with E-state index in [1.807, 2.05) is 6.92 Å². The minimum atomic E-state index is -3.04. The van der Waals surface area contributed by atoms with Crippen molar-refractivity contribution >= 4 is 28.1 Å². The molecule has 4 heterocycles. The number of aromatic nitrogens is 5. The van der Waals surface area contributed by atoms with Crippen molar-refractivity contribution in [2.24, 2.45) is 0 Å². The second-order valence-corrected chi connectivity index (χ2v) is 9.89. The fourth-order valence-electron chi connectivity index (χ4n) is 4.82. The highest BCUT2D eigenvalue weighted by Crippen LogP contribution is 2.39. The van der Waals surface area contributed by atoms with E-state index in [1.165, 1.54) is 36.5 Å². The Balaban J connectivity index is 1.31. The zero-order chi connectivity index (χ0) is 28.7. The number of nitrogens with zero attached hydrogens (tertiary/aromatic N) is 6. The van der Waals surface area contributed by atoms with Gasteiger partial charge in [0.15, 0.2) is 23.3 Å². The Morgan fingerprint density at radius 1 is 1.02 bits per heavy atom. The molecule has 0 saturated carbocycles. The summed E-state index contributed by atoms with van der Waals surface area (Å²) in [6.45, 7) is 1.90. The first-order valence-electron chi connectivity index (χ1n) is 12.8. The second-order valence-electron chi connectivity index (χ2n) is 9.89. The number of pyridine rings is 1. The predicted molar refractivity (Wildman–Crippen MR) is 145 cm³/mol. The van der Waals surface area contributed by atoms with Gasteiger partial charge in [-0.1, -0.05) is 0 Å². The minimum absolute atomic E-state index is 0.0116. The van der Waals surface area contributed by atoms with Crippen LogP contribution in [0, 0.1) is 12.7 Å². The number of halogens is 3. The van der Waals surface area contributed by atoms with E-state index in [0.29, 0.717) is 51.7 Å². The maximum atomic E-state index is 14.9. The zero-order valence-corrected chi connectivity index (χ0v) is 22.4. The van der Waals surface area contributed by atoms with Crippen LogP contribution in [-0.2, 0) is 0 Å². The zero-order valence-electron chi connectivity index (χ0n) is 22.4. The fourth-order valence-corrected chi connectivity index (χ4v) is 4.82. The number of anilines is 2. The lowest BCUT2D eigenvalue weighted by atomic mass is 10.0. The van der Waals surface area contributed by atoms with Gasteiger partial charge in [-0.2, -0.15) is 5.10 Å². The van der Waals surface area contributed by atoms with E-state index >= 15 is 0 Å². The first-order chi connectivity index (χ1) is 19.7. The number of benzene rings is 2. The molecule has 6 rings (SSSR count). The van der Waals surface area contributed by atoms with Crippen LogP contribution < -0.4 is 19.5 Å². The van der Waals surface area contributed by atoms with Gasteiger partial charge in [0, 0.05) is 36.9 Å². The monoisotopic (exact) mass is 565 g/mol. The molecule has 10 nitrogen and oxygen atoms in total. The summed E-state index contributed by atoms with van der Waals surface area (Å²) < 4.78 is 62.8. The van der Waals surface area contributed by atoms with E-state index in [-0.39, 0.29) is 17.9 Å². The lowest BCUT2D eigenvalue weighted by Gasteiger charge is -2.36. The van der Waals surface area contributed by atoms with Crippen LogP contribution in [0.5, 0.6) is 23.0 Å². The number of hydrogen-bond acceptors (Lipinski definition) is 9. The number of piperidine rings is 1. The highest BCUT2D eigenvalue weighted by molar-refractivity contribution is 5.96. The lowest BCUT2D eigenvalue weighted by molar-refractivity contribution is -0.134. The van der Waals surface area contributed by atoms with E-state index in [4.69, 9.17) is 14.2 Å². The Hall–Kier alpha value is -4.65. The molecule has 0 aliphatic carbocycles. The SMILES string of the molecule is COc1cc(OC2CCN(C)CC2(F)F)c2c(Nc3ccc(Oc4cc5ncnn5cc4F)c(C)c3)ncnc2c1. The van der Waals surface area contributed by atoms with Gasteiger partial charge >= 0.3 is 0 Å². The van der Waals surface area contributed by atoms with Crippen molar-refractivity contribution in [3.63, 3.8) is 0 Å². The van der Waals surface area contributed by atoms with Crippen molar-refractivity contribution in [3.05, 3.63) is 66.6 Å². The summed E-state index contributed by atoms with van der Waals surface area (Å²) in [7, 11) is 3.14. The highest BCUT2D eigenvalue weighted by atomic mass is 19.3. The van der Waals surface area contributed by atoms with E-state index in [0.717, 1.165) is 0 Å². The van der Waals surface area contributed by atoms with Gasteiger partial charge in [0.05, 0.1) is 30.8 Å². The quantitative estimate of drug-likeness (QED) is 0.279. The van der Waals surface area contributed by atoms with Gasteiger partial charge < -0.3 is 24.4 Å². The third-order valence-corrected chi connectivity index (χ3v) is 6.89. The molecule has 212 valence electrons. The number of hydrogen-bond donors (Lipinski definition) is 1. The molecule has 13 heteroatoms. The summed E-state index contributed by atoms with van der Waals surface area (Å²) in [5.41, 5.74) is 2.25. The number of alkyl halides is 2. The molecule has 2 aromatic carbocycles. The molecular weight excluding hydrogens is 539 g/mol. The number of nitrogens with one attached hydrogen (secondary N) is 1. The molecule has 1 N–H and O–H groups in total. The first-order valence-corrected chi connectivity index (χ1v) is 12.8. The molecule has 41 heavy (non-hydrogen) atoms. The van der Waals surface area contributed by atoms with Gasteiger partial charge in [-0.25, -0.2) is 32.6 Å². The van der Waals surface area contributed by atoms with Crippen LogP contribution in [0.4, 0.5) is 24.7 Å². The molecule has 1 atom stereocenters. The van der Waals surface area contributed by atoms with E-state index in [1.54, 1.807) is 42.3 Å². The van der Waals surface area contributed by atoms with Crippen LogP contribution in [0.1, 0.15) is 12.0 Å². The van der Waals surface area contributed by atoms with Crippen LogP contribution in [0.2, 0.25) is 0 Å². The summed E-state index contributed by atoms with van der Waals surface area (Å²) in [4.78, 5) is 14.3. The predicted octanol–water partition coefficient (Wildman–Crippen LogP) is 5.38. The molecule has 5 aromatic rings.